The van der Waals surface area contributed by atoms with Gasteiger partial charge in [0.2, 0.25) is 0 Å². The molecule has 0 amide bonds. The first-order valence-corrected chi connectivity index (χ1v) is 7.05. The Hall–Kier alpha value is -2.55. The zero-order valence-electron chi connectivity index (χ0n) is 12.4. The predicted octanol–water partition coefficient (Wildman–Crippen LogP) is 4.07. The van der Waals surface area contributed by atoms with Crippen molar-refractivity contribution < 1.29 is 0 Å². The van der Waals surface area contributed by atoms with E-state index in [9.17, 15) is 0 Å². The van der Waals surface area contributed by atoms with Crippen LogP contribution in [0, 0.1) is 0 Å². The Labute approximate surface area is 126 Å². The van der Waals surface area contributed by atoms with Crippen molar-refractivity contribution in [2.24, 2.45) is 5.73 Å². The number of allylic oxidation sites excluding steroid dienone is 4. The molecule has 0 saturated heterocycles. The van der Waals surface area contributed by atoms with Gasteiger partial charge in [0.25, 0.3) is 0 Å². The lowest BCUT2D eigenvalue weighted by Crippen LogP contribution is -2.24. The van der Waals surface area contributed by atoms with Crippen LogP contribution in [-0.4, -0.2) is 4.98 Å². The highest BCUT2D eigenvalue weighted by Crippen LogP contribution is 2.26. The second-order valence-corrected chi connectivity index (χ2v) is 4.88. The van der Waals surface area contributed by atoms with Crippen molar-refractivity contribution in [1.82, 2.24) is 4.98 Å². The van der Waals surface area contributed by atoms with E-state index < -0.39 is 0 Å². The van der Waals surface area contributed by atoms with Gasteiger partial charge in [0, 0.05) is 17.6 Å². The molecule has 0 atom stereocenters. The number of anilines is 1. The van der Waals surface area contributed by atoms with Crippen LogP contribution in [0.15, 0.2) is 84.5 Å². The lowest BCUT2D eigenvalue weighted by atomic mass is 10.1. The maximum Gasteiger partial charge on any atom is 0.137 e. The second kappa shape index (κ2) is 7.29. The molecule has 1 heterocycles. The van der Waals surface area contributed by atoms with Crippen molar-refractivity contribution >= 4 is 5.82 Å². The molecule has 0 spiro atoms. The predicted molar refractivity (Wildman–Crippen MR) is 88.7 cm³/mol. The zero-order chi connectivity index (χ0) is 15.1. The highest BCUT2D eigenvalue weighted by Gasteiger charge is 2.16. The summed E-state index contributed by atoms with van der Waals surface area (Å²) in [7, 11) is 0. The van der Waals surface area contributed by atoms with Gasteiger partial charge in [-0.2, -0.15) is 0 Å². The Kier molecular flexibility index (Phi) is 5.16. The third-order valence-electron chi connectivity index (χ3n) is 3.13. The van der Waals surface area contributed by atoms with E-state index in [0.29, 0.717) is 0 Å². The summed E-state index contributed by atoms with van der Waals surface area (Å²) in [6.45, 7) is 6.02. The lowest BCUT2D eigenvalue weighted by molar-refractivity contribution is 0.891. The molecular weight excluding hydrogens is 258 g/mol. The normalized spacial score (nSPS) is 13.6. The molecule has 2 N–H and O–H groups in total. The molecule has 3 nitrogen and oxygen atoms in total. The number of hydrogen-bond acceptors (Lipinski definition) is 3. The monoisotopic (exact) mass is 279 g/mol. The van der Waals surface area contributed by atoms with Crippen LogP contribution in [0.25, 0.3) is 0 Å². The largest absolute Gasteiger partial charge is 0.400 e. The Morgan fingerprint density at radius 3 is 2.62 bits per heavy atom. The van der Waals surface area contributed by atoms with E-state index >= 15 is 0 Å². The van der Waals surface area contributed by atoms with Crippen molar-refractivity contribution in [1.29, 1.82) is 0 Å². The number of nitrogens with two attached hydrogens (primary N) is 1. The molecule has 0 aliphatic heterocycles. The SMILES string of the molecule is C=C(C)N(C1=C(N)CCC=C1)c1ccccccccn1. The third-order valence-corrected chi connectivity index (χ3v) is 3.13. The van der Waals surface area contributed by atoms with E-state index in [1.807, 2.05) is 60.4 Å². The molecular formula is C18H21N3. The zero-order valence-corrected chi connectivity index (χ0v) is 12.4. The lowest BCUT2D eigenvalue weighted by Gasteiger charge is -2.27. The molecule has 1 aromatic heterocycles. The minimum absolute atomic E-state index is 0.795. The van der Waals surface area contributed by atoms with E-state index in [-0.39, 0.29) is 0 Å². The summed E-state index contributed by atoms with van der Waals surface area (Å²) in [5.41, 5.74) is 8.88. The molecule has 1 aliphatic rings. The molecule has 1 aliphatic carbocycles. The van der Waals surface area contributed by atoms with E-state index in [2.05, 4.69) is 17.6 Å². The Bertz CT molecular complexity index is 603. The van der Waals surface area contributed by atoms with Crippen LogP contribution in [-0.2, 0) is 0 Å². The van der Waals surface area contributed by atoms with Crippen LogP contribution in [0.1, 0.15) is 19.8 Å². The molecule has 0 fully saturated rings. The molecule has 1 aromatic rings. The highest BCUT2D eigenvalue weighted by atomic mass is 15.2. The van der Waals surface area contributed by atoms with Gasteiger partial charge in [-0.15, -0.1) is 0 Å². The van der Waals surface area contributed by atoms with Crippen molar-refractivity contribution in [2.75, 3.05) is 4.90 Å². The molecule has 0 radical (unpaired) electrons. The number of aromatic nitrogens is 1. The first-order chi connectivity index (χ1) is 10.2. The average Bonchev–Trinajstić information content (AvgIpc) is 2.47. The van der Waals surface area contributed by atoms with Gasteiger partial charge >= 0.3 is 0 Å². The molecule has 21 heavy (non-hydrogen) atoms. The van der Waals surface area contributed by atoms with Gasteiger partial charge in [0.05, 0.1) is 5.70 Å². The van der Waals surface area contributed by atoms with Crippen LogP contribution < -0.4 is 10.6 Å². The molecule has 3 heteroatoms. The van der Waals surface area contributed by atoms with E-state index in [1.165, 1.54) is 0 Å². The standard InChI is InChI=1S/C18H21N3/c1-15(2)21(17-12-9-8-11-16(17)19)18-13-7-5-3-4-6-10-14-20-18/h3-7,9-10,12-14H,1,8,11,19H2,2H3. The molecule has 0 aromatic carbocycles. The summed E-state index contributed by atoms with van der Waals surface area (Å²) in [6, 6.07) is 13.7. The van der Waals surface area contributed by atoms with Gasteiger partial charge in [0.15, 0.2) is 0 Å². The minimum Gasteiger partial charge on any atom is -0.400 e. The Balaban J connectivity index is 2.54. The fraction of sp³-hybridized carbons (Fsp3) is 0.167. The van der Waals surface area contributed by atoms with Crippen molar-refractivity contribution in [3.63, 3.8) is 0 Å². The van der Waals surface area contributed by atoms with Gasteiger partial charge in [0.1, 0.15) is 5.82 Å². The summed E-state index contributed by atoms with van der Waals surface area (Å²) in [5, 5.41) is 0. The van der Waals surface area contributed by atoms with Gasteiger partial charge in [-0.25, -0.2) is 4.98 Å². The fourth-order valence-corrected chi connectivity index (χ4v) is 2.15. The highest BCUT2D eigenvalue weighted by molar-refractivity contribution is 5.56. The van der Waals surface area contributed by atoms with Crippen molar-refractivity contribution in [2.45, 2.75) is 19.8 Å². The van der Waals surface area contributed by atoms with Gasteiger partial charge < -0.3 is 5.73 Å². The summed E-state index contributed by atoms with van der Waals surface area (Å²) in [4.78, 5) is 6.51. The number of hydrogen-bond donors (Lipinski definition) is 1. The first-order valence-electron chi connectivity index (χ1n) is 7.05. The van der Waals surface area contributed by atoms with E-state index in [1.54, 1.807) is 6.20 Å². The van der Waals surface area contributed by atoms with Crippen molar-refractivity contribution in [3.8, 4) is 0 Å². The first kappa shape index (κ1) is 14.9. The topological polar surface area (TPSA) is 42.1 Å². The fourth-order valence-electron chi connectivity index (χ4n) is 2.15. The van der Waals surface area contributed by atoms with Crippen LogP contribution >= 0.6 is 0 Å². The maximum absolute atomic E-state index is 6.17. The quantitative estimate of drug-likeness (QED) is 0.907. The molecule has 0 saturated carbocycles. The summed E-state index contributed by atoms with van der Waals surface area (Å²) in [6.07, 6.45) is 7.79. The smallest absolute Gasteiger partial charge is 0.137 e. The van der Waals surface area contributed by atoms with Gasteiger partial charge in [-0.05, 0) is 38.0 Å². The van der Waals surface area contributed by atoms with Crippen LogP contribution in [0.5, 0.6) is 0 Å². The minimum atomic E-state index is 0.795. The molecule has 0 bridgehead atoms. The van der Waals surface area contributed by atoms with Gasteiger partial charge in [-0.3, -0.25) is 4.90 Å². The molecule has 0 unspecified atom stereocenters. The maximum atomic E-state index is 6.17. The van der Waals surface area contributed by atoms with Crippen LogP contribution in [0.2, 0.25) is 0 Å². The van der Waals surface area contributed by atoms with Crippen LogP contribution in [0.4, 0.5) is 5.82 Å². The Morgan fingerprint density at radius 1 is 1.19 bits per heavy atom. The third kappa shape index (κ3) is 3.96. The number of rotatable bonds is 3. The molecule has 108 valence electrons. The van der Waals surface area contributed by atoms with Gasteiger partial charge in [-0.1, -0.05) is 43.0 Å². The summed E-state index contributed by atoms with van der Waals surface area (Å²) in [5.74, 6) is 0.795. The van der Waals surface area contributed by atoms with Crippen molar-refractivity contribution in [3.05, 3.63) is 84.5 Å². The number of nitrogens with zero attached hydrogens (tertiary/aromatic N) is 2. The van der Waals surface area contributed by atoms with E-state index in [0.717, 1.165) is 35.8 Å². The van der Waals surface area contributed by atoms with E-state index in [4.69, 9.17) is 5.73 Å². The summed E-state index contributed by atoms with van der Waals surface area (Å²) < 4.78 is 0. The second-order valence-electron chi connectivity index (χ2n) is 4.88. The molecule has 2 rings (SSSR count). The average molecular weight is 279 g/mol. The summed E-state index contributed by atoms with van der Waals surface area (Å²) >= 11 is 0. The van der Waals surface area contributed by atoms with Crippen LogP contribution in [0.3, 0.4) is 0 Å². The Morgan fingerprint density at radius 2 is 1.90 bits per heavy atom.